The molecule has 0 bridgehead atoms. The minimum Gasteiger partial charge on any atom is -0.370 e. The van der Waals surface area contributed by atoms with E-state index in [2.05, 4.69) is 22.6 Å². The maximum atomic E-state index is 15.0. The zero-order valence-electron chi connectivity index (χ0n) is 23.5. The number of rotatable bonds is 8. The zero-order chi connectivity index (χ0) is 34.4. The van der Waals surface area contributed by atoms with Crippen LogP contribution in [-0.2, 0) is 18.1 Å². The van der Waals surface area contributed by atoms with Crippen LogP contribution in [0.2, 0.25) is 0 Å². The van der Waals surface area contributed by atoms with Gasteiger partial charge in [0.1, 0.15) is 17.2 Å². The second kappa shape index (κ2) is 14.6. The van der Waals surface area contributed by atoms with Crippen LogP contribution in [0.4, 0.5) is 48.3 Å². The zero-order valence-corrected chi connectivity index (χ0v) is 23.5. The lowest BCUT2D eigenvalue weighted by atomic mass is 9.79. The Morgan fingerprint density at radius 3 is 2.13 bits per heavy atom. The average molecular weight is 661 g/mol. The summed E-state index contributed by atoms with van der Waals surface area (Å²) in [6, 6.07) is 8.13. The molecule has 0 amide bonds. The largest absolute Gasteiger partial charge is 0.419 e. The molecule has 3 aromatic rings. The summed E-state index contributed by atoms with van der Waals surface area (Å²) in [6.07, 6.45) is -4.78. The Hall–Kier alpha value is -4.68. The van der Waals surface area contributed by atoms with E-state index in [0.717, 1.165) is 30.4 Å². The summed E-state index contributed by atoms with van der Waals surface area (Å²) in [6.45, 7) is 2.34. The Morgan fingerprint density at radius 2 is 1.57 bits per heavy atom. The number of hydrogen-bond acceptors (Lipinski definition) is 3. The number of aryl methyl sites for hydroxylation is 1. The van der Waals surface area contributed by atoms with E-state index in [1.807, 2.05) is 0 Å². The molecule has 0 unspecified atom stereocenters. The molecule has 1 aromatic heterocycles. The lowest BCUT2D eigenvalue weighted by molar-refractivity contribution is -0.140. The molecule has 4 rings (SSSR count). The smallest absolute Gasteiger partial charge is 0.370 e. The van der Waals surface area contributed by atoms with Crippen LogP contribution in [0.5, 0.6) is 0 Å². The van der Waals surface area contributed by atoms with Crippen molar-refractivity contribution in [3.63, 3.8) is 0 Å². The summed E-state index contributed by atoms with van der Waals surface area (Å²) in [5.74, 6) is -5.03. The molecule has 1 aliphatic carbocycles. The highest BCUT2D eigenvalue weighted by molar-refractivity contribution is 5.65. The third kappa shape index (κ3) is 8.95. The fourth-order valence-corrected chi connectivity index (χ4v) is 4.39. The molecule has 0 spiro atoms. The highest BCUT2D eigenvalue weighted by Crippen LogP contribution is 2.39. The van der Waals surface area contributed by atoms with Crippen molar-refractivity contribution in [3.8, 4) is 0 Å². The van der Waals surface area contributed by atoms with Crippen LogP contribution >= 0.6 is 0 Å². The normalized spacial score (nSPS) is 14.5. The summed E-state index contributed by atoms with van der Waals surface area (Å²) < 4.78 is 144. The maximum absolute atomic E-state index is 15.0. The van der Waals surface area contributed by atoms with Crippen LogP contribution in [0.3, 0.4) is 0 Å². The van der Waals surface area contributed by atoms with Crippen LogP contribution in [0.25, 0.3) is 5.70 Å². The van der Waals surface area contributed by atoms with Crippen molar-refractivity contribution < 1.29 is 53.4 Å². The molecule has 14 heteroatoms. The Morgan fingerprint density at radius 1 is 0.913 bits per heavy atom. The minimum atomic E-state index is -5.04. The van der Waals surface area contributed by atoms with Gasteiger partial charge in [-0.2, -0.15) is 22.0 Å². The van der Waals surface area contributed by atoms with Crippen LogP contribution in [0, 0.1) is 24.4 Å². The lowest BCUT2D eigenvalue weighted by Crippen LogP contribution is -2.45. The number of nitrogens with one attached hydrogen (secondary N) is 1. The number of alkyl halides is 7. The van der Waals surface area contributed by atoms with Crippen molar-refractivity contribution in [1.29, 1.82) is 0 Å². The predicted molar refractivity (Wildman–Crippen MR) is 147 cm³/mol. The molecule has 1 heterocycles. The third-order valence-electron chi connectivity index (χ3n) is 6.48. The molecule has 0 saturated carbocycles. The average Bonchev–Trinajstić information content (AvgIpc) is 3.16. The van der Waals surface area contributed by atoms with Gasteiger partial charge in [-0.15, -0.1) is 5.73 Å². The predicted octanol–water partition coefficient (Wildman–Crippen LogP) is 8.87. The standard InChI is InChI=1S/C31H21F9N2.CH2F2O/c1-17-3-10-28(41-16-17)30(15-19-4-8-26(34)27(35)11-19,22-7-5-21(29(36)37)12-23(32)14-22)42-18(2)20-6-9-25(33)24(13-20)31(38,39)40;2-1(3)4/h3-6,8-14,16,29,42H,2,15H2,1H3;1,4H/t30-;/m0./s1. The number of halogens is 11. The van der Waals surface area contributed by atoms with E-state index >= 15 is 0 Å². The van der Waals surface area contributed by atoms with E-state index in [9.17, 15) is 48.3 Å². The molecule has 3 nitrogen and oxygen atoms in total. The van der Waals surface area contributed by atoms with E-state index in [1.165, 1.54) is 18.3 Å². The monoisotopic (exact) mass is 660 g/mol. The van der Waals surface area contributed by atoms with Gasteiger partial charge >= 0.3 is 12.8 Å². The second-order valence-corrected chi connectivity index (χ2v) is 9.80. The number of nitrogens with zero attached hydrogens (tertiary/aromatic N) is 1. The van der Waals surface area contributed by atoms with Crippen LogP contribution in [0.1, 0.15) is 27.9 Å². The number of pyridine rings is 1. The quantitative estimate of drug-likeness (QED) is 0.188. The molecule has 2 N–H and O–H groups in total. The molecular formula is C32H23F11N2O. The fourth-order valence-electron chi connectivity index (χ4n) is 4.39. The molecule has 46 heavy (non-hydrogen) atoms. The topological polar surface area (TPSA) is 45.2 Å². The number of aliphatic hydroxyl groups is 1. The number of aromatic nitrogens is 1. The number of allylic oxidation sites excluding steroid dienone is 3. The first-order valence-corrected chi connectivity index (χ1v) is 12.9. The van der Waals surface area contributed by atoms with E-state index in [0.29, 0.717) is 23.8 Å². The Kier molecular flexibility index (Phi) is 11.4. The Labute approximate surface area is 255 Å². The van der Waals surface area contributed by atoms with Crippen LogP contribution in [-0.4, -0.2) is 23.1 Å². The van der Waals surface area contributed by atoms with Crippen molar-refractivity contribution in [2.24, 2.45) is 0 Å². The van der Waals surface area contributed by atoms with Gasteiger partial charge in [0.05, 0.1) is 11.3 Å². The first-order valence-electron chi connectivity index (χ1n) is 12.9. The first kappa shape index (κ1) is 35.8. The molecule has 0 saturated heterocycles. The van der Waals surface area contributed by atoms with Crippen molar-refractivity contribution in [1.82, 2.24) is 10.3 Å². The van der Waals surface area contributed by atoms with Crippen molar-refractivity contribution in [2.75, 3.05) is 0 Å². The highest BCUT2D eigenvalue weighted by Gasteiger charge is 2.40. The molecule has 0 aliphatic heterocycles. The molecule has 1 atom stereocenters. The summed E-state index contributed by atoms with van der Waals surface area (Å²) >= 11 is 0. The molecule has 244 valence electrons. The fraction of sp³-hybridized carbons (Fsp3) is 0.188. The molecule has 0 radical (unpaired) electrons. The third-order valence-corrected chi connectivity index (χ3v) is 6.48. The van der Waals surface area contributed by atoms with Crippen LogP contribution < -0.4 is 5.32 Å². The van der Waals surface area contributed by atoms with Gasteiger partial charge in [-0.05, 0) is 78.2 Å². The van der Waals surface area contributed by atoms with E-state index in [-0.39, 0.29) is 34.5 Å². The second-order valence-electron chi connectivity index (χ2n) is 9.80. The van der Waals surface area contributed by atoms with Gasteiger partial charge in [0.15, 0.2) is 11.6 Å². The van der Waals surface area contributed by atoms with Crippen LogP contribution in [0.15, 0.2) is 102 Å². The molecule has 1 aliphatic rings. The Bertz CT molecular complexity index is 1700. The van der Waals surface area contributed by atoms with Crippen molar-refractivity contribution in [3.05, 3.63) is 148 Å². The first-order chi connectivity index (χ1) is 21.4. The summed E-state index contributed by atoms with van der Waals surface area (Å²) in [4.78, 5) is 4.39. The van der Waals surface area contributed by atoms with Gasteiger partial charge in [0.25, 0.3) is 6.43 Å². The SMILES string of the molecule is C=C(N[C@@](Cc1ccc(F)c(F)c1)(C1=C=CC(C(F)F)=CC(F)=C1)c1ccc(C)cn1)c1ccc(F)c(C(F)(F)F)c1.OC(F)F. The van der Waals surface area contributed by atoms with Gasteiger partial charge in [-0.1, -0.05) is 18.7 Å². The van der Waals surface area contributed by atoms with Gasteiger partial charge in [0, 0.05) is 29.5 Å². The van der Waals surface area contributed by atoms with Crippen molar-refractivity contribution >= 4 is 5.70 Å². The summed E-state index contributed by atoms with van der Waals surface area (Å²) in [5.41, 5.74) is -1.29. The van der Waals surface area contributed by atoms with Gasteiger partial charge < -0.3 is 10.4 Å². The van der Waals surface area contributed by atoms with Crippen molar-refractivity contribution in [2.45, 2.75) is 38.1 Å². The lowest BCUT2D eigenvalue weighted by Gasteiger charge is -2.37. The van der Waals surface area contributed by atoms with Gasteiger partial charge in [0.2, 0.25) is 0 Å². The van der Waals surface area contributed by atoms with E-state index in [4.69, 9.17) is 5.11 Å². The van der Waals surface area contributed by atoms with Gasteiger partial charge in [-0.25, -0.2) is 26.3 Å². The maximum Gasteiger partial charge on any atom is 0.419 e. The highest BCUT2D eigenvalue weighted by atomic mass is 19.4. The molecule has 2 aromatic carbocycles. The van der Waals surface area contributed by atoms with Gasteiger partial charge in [-0.3, -0.25) is 4.98 Å². The van der Waals surface area contributed by atoms with E-state index in [1.54, 1.807) is 13.0 Å². The Balaban J connectivity index is 0.00000136. The molecular weight excluding hydrogens is 637 g/mol. The number of hydrogen-bond donors (Lipinski definition) is 2. The summed E-state index contributed by atoms with van der Waals surface area (Å²) in [5, 5.41) is 9.64. The number of benzene rings is 2. The van der Waals surface area contributed by atoms with E-state index < -0.39 is 59.2 Å². The number of aliphatic hydroxyl groups excluding tert-OH is 1. The molecule has 0 fully saturated rings. The summed E-state index contributed by atoms with van der Waals surface area (Å²) in [7, 11) is 0. The minimum absolute atomic E-state index is 0.0811.